The summed E-state index contributed by atoms with van der Waals surface area (Å²) in [7, 11) is 0. The van der Waals surface area contributed by atoms with Gasteiger partial charge in [0.2, 0.25) is 5.91 Å². The fourth-order valence-electron chi connectivity index (χ4n) is 2.47. The van der Waals surface area contributed by atoms with Crippen molar-refractivity contribution >= 4 is 34.8 Å². The Morgan fingerprint density at radius 2 is 1.96 bits per heavy atom. The summed E-state index contributed by atoms with van der Waals surface area (Å²) in [6.07, 6.45) is 1.26. The van der Waals surface area contributed by atoms with E-state index in [0.29, 0.717) is 30.2 Å². The molecular weight excluding hydrogens is 374 g/mol. The van der Waals surface area contributed by atoms with E-state index < -0.39 is 11.9 Å². The number of amides is 1. The Balaban J connectivity index is 1.81. The Labute approximate surface area is 161 Å². The number of hydrogen-bond donors (Lipinski definition) is 2. The third-order valence-corrected chi connectivity index (χ3v) is 5.13. The molecule has 2 rings (SSSR count). The summed E-state index contributed by atoms with van der Waals surface area (Å²) in [4.78, 5) is 24.5. The lowest BCUT2D eigenvalue weighted by molar-refractivity contribution is -0.141. The van der Waals surface area contributed by atoms with Gasteiger partial charge in [0.15, 0.2) is 0 Å². The zero-order valence-corrected chi connectivity index (χ0v) is 16.1. The molecule has 2 N–H and O–H groups in total. The Kier molecular flexibility index (Phi) is 7.94. The number of nitrogens with one attached hydrogen (secondary N) is 1. The van der Waals surface area contributed by atoms with Crippen LogP contribution in [0.5, 0.6) is 5.75 Å². The van der Waals surface area contributed by atoms with Gasteiger partial charge >= 0.3 is 5.97 Å². The Morgan fingerprint density at radius 3 is 2.54 bits per heavy atom. The predicted octanol–water partition coefficient (Wildman–Crippen LogP) is 3.79. The van der Waals surface area contributed by atoms with Crippen molar-refractivity contribution in [2.45, 2.75) is 26.2 Å². The van der Waals surface area contributed by atoms with Crippen molar-refractivity contribution in [1.29, 1.82) is 0 Å². The van der Waals surface area contributed by atoms with Crippen molar-refractivity contribution in [2.24, 2.45) is 5.92 Å². The first kappa shape index (κ1) is 20.3. The van der Waals surface area contributed by atoms with Gasteiger partial charge in [0.1, 0.15) is 5.75 Å². The molecule has 1 amide bonds. The molecule has 2 aromatic rings. The molecule has 5 nitrogen and oxygen atoms in total. The molecule has 1 unspecified atom stereocenters. The fourth-order valence-corrected chi connectivity index (χ4v) is 3.56. The molecule has 1 aromatic heterocycles. The number of benzene rings is 1. The second-order valence-corrected chi connectivity index (χ2v) is 7.63. The van der Waals surface area contributed by atoms with Crippen LogP contribution in [-0.4, -0.2) is 30.1 Å². The zero-order valence-electron chi connectivity index (χ0n) is 14.5. The lowest BCUT2D eigenvalue weighted by Crippen LogP contribution is -2.34. The number of aliphatic carboxylic acids is 1. The highest BCUT2D eigenvalue weighted by Gasteiger charge is 2.19. The van der Waals surface area contributed by atoms with E-state index in [-0.39, 0.29) is 12.5 Å². The third-order valence-electron chi connectivity index (χ3n) is 3.84. The van der Waals surface area contributed by atoms with Crippen molar-refractivity contribution < 1.29 is 19.4 Å². The Hall–Kier alpha value is -2.05. The molecule has 140 valence electrons. The molecule has 0 aliphatic rings. The zero-order chi connectivity index (χ0) is 18.9. The minimum Gasteiger partial charge on any atom is -0.494 e. The SMILES string of the molecule is CCOc1ccc(CC(CNC(=O)CCc2ccc(Cl)s2)C(=O)O)cc1. The molecule has 0 saturated carbocycles. The summed E-state index contributed by atoms with van der Waals surface area (Å²) >= 11 is 7.31. The first-order valence-electron chi connectivity index (χ1n) is 8.43. The monoisotopic (exact) mass is 395 g/mol. The smallest absolute Gasteiger partial charge is 0.308 e. The summed E-state index contributed by atoms with van der Waals surface area (Å²) in [6, 6.07) is 11.0. The number of carboxylic acid groups (broad SMARTS) is 1. The van der Waals surface area contributed by atoms with E-state index in [1.54, 1.807) is 6.07 Å². The lowest BCUT2D eigenvalue weighted by Gasteiger charge is -2.14. The van der Waals surface area contributed by atoms with Crippen molar-refractivity contribution in [1.82, 2.24) is 5.32 Å². The third kappa shape index (κ3) is 6.69. The number of halogens is 1. The number of aryl methyl sites for hydroxylation is 1. The number of carboxylic acids is 1. The van der Waals surface area contributed by atoms with Crippen LogP contribution in [0.15, 0.2) is 36.4 Å². The van der Waals surface area contributed by atoms with Crippen LogP contribution in [0.25, 0.3) is 0 Å². The van der Waals surface area contributed by atoms with Crippen LogP contribution in [0.4, 0.5) is 0 Å². The normalized spacial score (nSPS) is 11.8. The van der Waals surface area contributed by atoms with Crippen LogP contribution in [0.3, 0.4) is 0 Å². The van der Waals surface area contributed by atoms with Gasteiger partial charge in [0.25, 0.3) is 0 Å². The highest BCUT2D eigenvalue weighted by Crippen LogP contribution is 2.22. The molecule has 1 heterocycles. The largest absolute Gasteiger partial charge is 0.494 e. The fraction of sp³-hybridized carbons (Fsp3) is 0.368. The van der Waals surface area contributed by atoms with Gasteiger partial charge in [-0.2, -0.15) is 0 Å². The van der Waals surface area contributed by atoms with Crippen LogP contribution >= 0.6 is 22.9 Å². The number of hydrogen-bond acceptors (Lipinski definition) is 4. The maximum atomic E-state index is 12.0. The first-order valence-corrected chi connectivity index (χ1v) is 9.62. The quantitative estimate of drug-likeness (QED) is 0.641. The van der Waals surface area contributed by atoms with Gasteiger partial charge in [0.05, 0.1) is 16.9 Å². The van der Waals surface area contributed by atoms with Gasteiger partial charge < -0.3 is 15.2 Å². The van der Waals surface area contributed by atoms with E-state index in [1.807, 2.05) is 37.3 Å². The van der Waals surface area contributed by atoms with Crippen molar-refractivity contribution in [3.05, 3.63) is 51.2 Å². The minimum atomic E-state index is -0.927. The second kappa shape index (κ2) is 10.2. The molecule has 0 fully saturated rings. The van der Waals surface area contributed by atoms with Crippen molar-refractivity contribution in [2.75, 3.05) is 13.2 Å². The van der Waals surface area contributed by atoms with Crippen LogP contribution in [-0.2, 0) is 22.4 Å². The maximum Gasteiger partial charge on any atom is 0.308 e. The van der Waals surface area contributed by atoms with Gasteiger partial charge in [-0.15, -0.1) is 11.3 Å². The second-order valence-electron chi connectivity index (χ2n) is 5.83. The highest BCUT2D eigenvalue weighted by atomic mass is 35.5. The van der Waals surface area contributed by atoms with Gasteiger partial charge in [-0.1, -0.05) is 23.7 Å². The van der Waals surface area contributed by atoms with E-state index in [9.17, 15) is 14.7 Å². The van der Waals surface area contributed by atoms with Crippen molar-refractivity contribution in [3.63, 3.8) is 0 Å². The highest BCUT2D eigenvalue weighted by molar-refractivity contribution is 7.16. The summed E-state index contributed by atoms with van der Waals surface area (Å²) < 4.78 is 6.07. The molecule has 0 aliphatic carbocycles. The van der Waals surface area contributed by atoms with E-state index in [4.69, 9.17) is 16.3 Å². The summed E-state index contributed by atoms with van der Waals surface area (Å²) in [5.41, 5.74) is 0.892. The average molecular weight is 396 g/mol. The summed E-state index contributed by atoms with van der Waals surface area (Å²) in [5, 5.41) is 12.1. The summed E-state index contributed by atoms with van der Waals surface area (Å²) in [5.74, 6) is -1.00. The molecule has 1 atom stereocenters. The average Bonchev–Trinajstić information content (AvgIpc) is 3.03. The van der Waals surface area contributed by atoms with Crippen LogP contribution < -0.4 is 10.1 Å². The topological polar surface area (TPSA) is 75.6 Å². The molecule has 26 heavy (non-hydrogen) atoms. The van der Waals surface area contributed by atoms with E-state index in [2.05, 4.69) is 5.32 Å². The van der Waals surface area contributed by atoms with Crippen LogP contribution in [0.1, 0.15) is 23.8 Å². The first-order chi connectivity index (χ1) is 12.5. The molecule has 0 radical (unpaired) electrons. The number of carbonyl (C=O) groups excluding carboxylic acids is 1. The van der Waals surface area contributed by atoms with Gasteiger partial charge in [-0.25, -0.2) is 0 Å². The molecular formula is C19H22ClNO4S. The molecule has 1 aromatic carbocycles. The van der Waals surface area contributed by atoms with E-state index in [1.165, 1.54) is 11.3 Å². The van der Waals surface area contributed by atoms with E-state index in [0.717, 1.165) is 16.2 Å². The molecule has 0 saturated heterocycles. The lowest BCUT2D eigenvalue weighted by atomic mass is 9.99. The Morgan fingerprint density at radius 1 is 1.23 bits per heavy atom. The van der Waals surface area contributed by atoms with Crippen LogP contribution in [0, 0.1) is 5.92 Å². The number of carbonyl (C=O) groups is 2. The maximum absolute atomic E-state index is 12.0. The summed E-state index contributed by atoms with van der Waals surface area (Å²) in [6.45, 7) is 2.59. The van der Waals surface area contributed by atoms with Gasteiger partial charge in [-0.3, -0.25) is 9.59 Å². The predicted molar refractivity (Wildman–Crippen MR) is 103 cm³/mol. The Bertz CT molecular complexity index is 729. The van der Waals surface area contributed by atoms with Gasteiger partial charge in [-0.05, 0) is 49.6 Å². The van der Waals surface area contributed by atoms with Crippen molar-refractivity contribution in [3.8, 4) is 5.75 Å². The van der Waals surface area contributed by atoms with Gasteiger partial charge in [0, 0.05) is 17.8 Å². The molecule has 0 bridgehead atoms. The number of thiophene rings is 1. The number of rotatable bonds is 10. The molecule has 0 spiro atoms. The van der Waals surface area contributed by atoms with Crippen LogP contribution in [0.2, 0.25) is 4.34 Å². The standard InChI is InChI=1S/C19H22ClNO4S/c1-2-25-15-5-3-13(4-6-15)11-14(19(23)24)12-21-18(22)10-8-16-7-9-17(20)26-16/h3-7,9,14H,2,8,10-12H2,1H3,(H,21,22)(H,23,24). The van der Waals surface area contributed by atoms with E-state index >= 15 is 0 Å². The minimum absolute atomic E-state index is 0.104. The molecule has 7 heteroatoms. The number of ether oxygens (including phenoxy) is 1. The molecule has 0 aliphatic heterocycles.